The fourth-order valence-electron chi connectivity index (χ4n) is 4.19. The predicted molar refractivity (Wildman–Crippen MR) is 128 cm³/mol. The Morgan fingerprint density at radius 2 is 0.469 bits per heavy atom. The Hall–Kier alpha value is -4.04. The summed E-state index contributed by atoms with van der Waals surface area (Å²) in [5.41, 5.74) is 3.64. The third kappa shape index (κ3) is 3.50. The molecule has 0 aromatic heterocycles. The number of halogens is 2. The van der Waals surface area contributed by atoms with Crippen molar-refractivity contribution in [2.75, 3.05) is 0 Å². The minimum atomic E-state index is -0.429. The van der Waals surface area contributed by atoms with E-state index < -0.39 is 11.6 Å². The summed E-state index contributed by atoms with van der Waals surface area (Å²) in [6, 6.07) is 36.8. The van der Waals surface area contributed by atoms with E-state index in [1.807, 2.05) is 121 Å². The second-order valence-electron chi connectivity index (χ2n) is 7.59. The number of hydrogen-bond acceptors (Lipinski definition) is 0. The number of benzene rings is 5. The van der Waals surface area contributed by atoms with Gasteiger partial charge in [0.15, 0.2) is 0 Å². The Kier molecular flexibility index (Phi) is 5.35. The first-order chi connectivity index (χ1) is 15.8. The van der Waals surface area contributed by atoms with Gasteiger partial charge in [0.05, 0.1) is 0 Å². The fourth-order valence-corrected chi connectivity index (χ4v) is 4.19. The van der Waals surface area contributed by atoms with Crippen LogP contribution in [-0.4, -0.2) is 0 Å². The molecular formula is C30H20F2. The van der Waals surface area contributed by atoms with Crippen molar-refractivity contribution in [1.29, 1.82) is 0 Å². The van der Waals surface area contributed by atoms with E-state index in [0.717, 1.165) is 0 Å². The van der Waals surface area contributed by atoms with Crippen LogP contribution in [0.5, 0.6) is 0 Å². The van der Waals surface area contributed by atoms with Gasteiger partial charge in [0.1, 0.15) is 11.6 Å². The van der Waals surface area contributed by atoms with Gasteiger partial charge in [0, 0.05) is 22.3 Å². The summed E-state index contributed by atoms with van der Waals surface area (Å²) in [7, 11) is 0. The van der Waals surface area contributed by atoms with Crippen LogP contribution in [0.4, 0.5) is 8.78 Å². The van der Waals surface area contributed by atoms with E-state index >= 15 is 8.78 Å². The summed E-state index contributed by atoms with van der Waals surface area (Å²) in [6.45, 7) is 0. The number of hydrogen-bond donors (Lipinski definition) is 0. The summed E-state index contributed by atoms with van der Waals surface area (Å²) in [5, 5.41) is 0. The predicted octanol–water partition coefficient (Wildman–Crippen LogP) is 8.63. The van der Waals surface area contributed by atoms with Gasteiger partial charge in [0.25, 0.3) is 0 Å². The van der Waals surface area contributed by atoms with Crippen LogP contribution in [0, 0.1) is 11.6 Å². The quantitative estimate of drug-likeness (QED) is 0.274. The molecule has 5 rings (SSSR count). The smallest absolute Gasteiger partial charge is 0.140 e. The maximum Gasteiger partial charge on any atom is 0.140 e. The molecule has 0 aliphatic carbocycles. The molecule has 0 aliphatic heterocycles. The van der Waals surface area contributed by atoms with Crippen LogP contribution >= 0.6 is 0 Å². The lowest BCUT2D eigenvalue weighted by Crippen LogP contribution is -2.02. The Labute approximate surface area is 186 Å². The molecule has 0 aliphatic rings. The van der Waals surface area contributed by atoms with Crippen molar-refractivity contribution < 1.29 is 8.78 Å². The molecule has 0 unspecified atom stereocenters. The molecule has 154 valence electrons. The molecule has 0 bridgehead atoms. The molecule has 5 aromatic rings. The lowest BCUT2D eigenvalue weighted by Gasteiger charge is -2.21. The van der Waals surface area contributed by atoms with Crippen molar-refractivity contribution >= 4 is 0 Å². The van der Waals surface area contributed by atoms with Crippen molar-refractivity contribution in [1.82, 2.24) is 0 Å². The van der Waals surface area contributed by atoms with Crippen molar-refractivity contribution in [2.45, 2.75) is 0 Å². The third-order valence-corrected chi connectivity index (χ3v) is 5.63. The topological polar surface area (TPSA) is 0 Å². The molecule has 0 saturated heterocycles. The van der Waals surface area contributed by atoms with E-state index in [1.165, 1.54) is 0 Å². The number of rotatable bonds is 4. The molecule has 0 N–H and O–H groups in total. The van der Waals surface area contributed by atoms with E-state index in [0.29, 0.717) is 22.3 Å². The van der Waals surface area contributed by atoms with Gasteiger partial charge in [-0.25, -0.2) is 8.78 Å². The maximum atomic E-state index is 16.5. The fraction of sp³-hybridized carbons (Fsp3) is 0. The molecule has 0 atom stereocenters. The van der Waals surface area contributed by atoms with Crippen molar-refractivity contribution in [3.63, 3.8) is 0 Å². The Balaban J connectivity index is 1.97. The third-order valence-electron chi connectivity index (χ3n) is 5.63. The minimum absolute atomic E-state index is 0.271. The first kappa shape index (κ1) is 19.9. The van der Waals surface area contributed by atoms with Crippen LogP contribution in [0.3, 0.4) is 0 Å². The SMILES string of the molecule is Fc1c(-c2ccccc2)c(-c2ccccc2)c(F)c(-c2ccccc2)c1-c1ccccc1. The molecule has 0 fully saturated rings. The average molecular weight is 418 g/mol. The molecule has 0 heterocycles. The molecule has 0 nitrogen and oxygen atoms in total. The van der Waals surface area contributed by atoms with Gasteiger partial charge in [-0.15, -0.1) is 0 Å². The maximum absolute atomic E-state index is 16.5. The monoisotopic (exact) mass is 418 g/mol. The van der Waals surface area contributed by atoms with Gasteiger partial charge in [-0.1, -0.05) is 121 Å². The molecule has 0 spiro atoms. The molecule has 5 aromatic carbocycles. The second-order valence-corrected chi connectivity index (χ2v) is 7.59. The zero-order valence-corrected chi connectivity index (χ0v) is 17.3. The molecule has 32 heavy (non-hydrogen) atoms. The summed E-state index contributed by atoms with van der Waals surface area (Å²) in [6.07, 6.45) is 0. The van der Waals surface area contributed by atoms with Crippen LogP contribution in [-0.2, 0) is 0 Å². The summed E-state index contributed by atoms with van der Waals surface area (Å²) < 4.78 is 33.1. The minimum Gasteiger partial charge on any atom is -0.206 e. The first-order valence-corrected chi connectivity index (χ1v) is 10.5. The Bertz CT molecular complexity index is 1130. The van der Waals surface area contributed by atoms with Crippen LogP contribution in [0.1, 0.15) is 0 Å². The molecule has 2 heteroatoms. The highest BCUT2D eigenvalue weighted by Crippen LogP contribution is 2.46. The van der Waals surface area contributed by atoms with Crippen LogP contribution < -0.4 is 0 Å². The summed E-state index contributed by atoms with van der Waals surface area (Å²) >= 11 is 0. The molecule has 0 amide bonds. The zero-order chi connectivity index (χ0) is 21.9. The van der Waals surface area contributed by atoms with E-state index in [4.69, 9.17) is 0 Å². The van der Waals surface area contributed by atoms with Gasteiger partial charge in [-0.2, -0.15) is 0 Å². The van der Waals surface area contributed by atoms with Crippen LogP contribution in [0.2, 0.25) is 0 Å². The zero-order valence-electron chi connectivity index (χ0n) is 17.3. The van der Waals surface area contributed by atoms with Crippen molar-refractivity contribution in [3.8, 4) is 44.5 Å². The highest BCUT2D eigenvalue weighted by atomic mass is 19.1. The van der Waals surface area contributed by atoms with Gasteiger partial charge < -0.3 is 0 Å². The van der Waals surface area contributed by atoms with Crippen LogP contribution in [0.25, 0.3) is 44.5 Å². The summed E-state index contributed by atoms with van der Waals surface area (Å²) in [5.74, 6) is -0.858. The standard InChI is InChI=1S/C30H20F2/c31-29-25(21-13-5-1-6-14-21)26(22-15-7-2-8-16-22)30(32)28(24-19-11-4-12-20-24)27(29)23-17-9-3-10-18-23/h1-20H. The normalized spacial score (nSPS) is 10.8. The van der Waals surface area contributed by atoms with E-state index in [2.05, 4.69) is 0 Å². The van der Waals surface area contributed by atoms with E-state index in [-0.39, 0.29) is 22.3 Å². The largest absolute Gasteiger partial charge is 0.206 e. The molecular weight excluding hydrogens is 398 g/mol. The van der Waals surface area contributed by atoms with E-state index in [1.54, 1.807) is 0 Å². The van der Waals surface area contributed by atoms with Crippen LogP contribution in [0.15, 0.2) is 121 Å². The highest BCUT2D eigenvalue weighted by molar-refractivity contribution is 5.96. The Morgan fingerprint density at radius 3 is 0.656 bits per heavy atom. The molecule has 0 radical (unpaired) electrons. The van der Waals surface area contributed by atoms with E-state index in [9.17, 15) is 0 Å². The Morgan fingerprint density at radius 1 is 0.281 bits per heavy atom. The van der Waals surface area contributed by atoms with Gasteiger partial charge in [0.2, 0.25) is 0 Å². The second kappa shape index (κ2) is 8.60. The lowest BCUT2D eigenvalue weighted by molar-refractivity contribution is 0.612. The molecule has 0 saturated carbocycles. The van der Waals surface area contributed by atoms with Gasteiger partial charge in [-0.3, -0.25) is 0 Å². The highest BCUT2D eigenvalue weighted by Gasteiger charge is 2.27. The average Bonchev–Trinajstić information content (AvgIpc) is 2.87. The van der Waals surface area contributed by atoms with Crippen molar-refractivity contribution in [3.05, 3.63) is 133 Å². The lowest BCUT2D eigenvalue weighted by atomic mass is 9.84. The van der Waals surface area contributed by atoms with Gasteiger partial charge >= 0.3 is 0 Å². The van der Waals surface area contributed by atoms with Gasteiger partial charge in [-0.05, 0) is 22.3 Å². The van der Waals surface area contributed by atoms with Crippen molar-refractivity contribution in [2.24, 2.45) is 0 Å². The first-order valence-electron chi connectivity index (χ1n) is 10.5. The summed E-state index contributed by atoms with van der Waals surface area (Å²) in [4.78, 5) is 0.